The summed E-state index contributed by atoms with van der Waals surface area (Å²) in [6.45, 7) is 2.13. The molecule has 0 bridgehead atoms. The molecule has 1 saturated heterocycles. The number of hydrogen-bond donors (Lipinski definition) is 2. The molecule has 0 saturated carbocycles. The van der Waals surface area contributed by atoms with Crippen molar-refractivity contribution in [3.05, 3.63) is 0 Å². The standard InChI is InChI=1S/C11H24N2O4S2/c1-18(14,15)9-2-6-13-19(16,17)10-5-11-3-7-12-8-4-11/h11-13H,2-10H2,1H3. The van der Waals surface area contributed by atoms with Gasteiger partial charge in [0, 0.05) is 12.8 Å². The summed E-state index contributed by atoms with van der Waals surface area (Å²) in [7, 11) is -6.28. The number of hydrogen-bond acceptors (Lipinski definition) is 5. The molecule has 0 aromatic heterocycles. The fourth-order valence-electron chi connectivity index (χ4n) is 2.13. The van der Waals surface area contributed by atoms with Gasteiger partial charge in [-0.2, -0.15) is 0 Å². The Morgan fingerprint density at radius 3 is 2.32 bits per heavy atom. The van der Waals surface area contributed by atoms with Gasteiger partial charge in [-0.15, -0.1) is 0 Å². The number of piperidine rings is 1. The summed E-state index contributed by atoms with van der Waals surface area (Å²) in [5.74, 6) is 0.634. The van der Waals surface area contributed by atoms with Gasteiger partial charge in [0.05, 0.1) is 11.5 Å². The van der Waals surface area contributed by atoms with Crippen molar-refractivity contribution in [3.8, 4) is 0 Å². The summed E-state index contributed by atoms with van der Waals surface area (Å²) in [5.41, 5.74) is 0. The Morgan fingerprint density at radius 2 is 1.74 bits per heavy atom. The highest BCUT2D eigenvalue weighted by atomic mass is 32.2. The lowest BCUT2D eigenvalue weighted by Crippen LogP contribution is -2.32. The van der Waals surface area contributed by atoms with Crippen LogP contribution in [-0.4, -0.2) is 54.2 Å². The van der Waals surface area contributed by atoms with Crippen LogP contribution in [0, 0.1) is 5.92 Å². The number of sulfone groups is 1. The van der Waals surface area contributed by atoms with E-state index in [9.17, 15) is 16.8 Å². The number of sulfonamides is 1. The van der Waals surface area contributed by atoms with E-state index in [1.165, 1.54) is 0 Å². The van der Waals surface area contributed by atoms with Crippen LogP contribution in [0.5, 0.6) is 0 Å². The second kappa shape index (κ2) is 7.56. The first-order chi connectivity index (χ1) is 8.79. The zero-order valence-corrected chi connectivity index (χ0v) is 13.0. The molecule has 1 rings (SSSR count). The maximum atomic E-state index is 11.7. The predicted molar refractivity (Wildman–Crippen MR) is 76.3 cm³/mol. The molecule has 0 atom stereocenters. The highest BCUT2D eigenvalue weighted by Crippen LogP contribution is 2.16. The number of rotatable bonds is 8. The molecule has 8 heteroatoms. The van der Waals surface area contributed by atoms with Crippen LogP contribution < -0.4 is 10.0 Å². The van der Waals surface area contributed by atoms with Crippen molar-refractivity contribution >= 4 is 19.9 Å². The Hall–Kier alpha value is -0.180. The number of nitrogens with one attached hydrogen (secondary N) is 2. The minimum absolute atomic E-state index is 0.0177. The van der Waals surface area contributed by atoms with E-state index in [0.717, 1.165) is 32.2 Å². The lowest BCUT2D eigenvalue weighted by molar-refractivity contribution is 0.365. The molecule has 0 spiro atoms. The third-order valence-electron chi connectivity index (χ3n) is 3.27. The molecule has 0 aromatic carbocycles. The average molecular weight is 312 g/mol. The van der Waals surface area contributed by atoms with Gasteiger partial charge in [0.2, 0.25) is 10.0 Å². The molecule has 114 valence electrons. The van der Waals surface area contributed by atoms with Gasteiger partial charge in [-0.05, 0) is 44.7 Å². The first-order valence-electron chi connectivity index (χ1n) is 6.64. The third-order valence-corrected chi connectivity index (χ3v) is 5.71. The average Bonchev–Trinajstić information content (AvgIpc) is 2.33. The van der Waals surface area contributed by atoms with E-state index in [2.05, 4.69) is 10.0 Å². The maximum Gasteiger partial charge on any atom is 0.211 e. The Morgan fingerprint density at radius 1 is 1.11 bits per heavy atom. The van der Waals surface area contributed by atoms with E-state index in [-0.39, 0.29) is 18.1 Å². The zero-order valence-electron chi connectivity index (χ0n) is 11.4. The normalized spacial score (nSPS) is 18.6. The van der Waals surface area contributed by atoms with Gasteiger partial charge in [0.15, 0.2) is 0 Å². The SMILES string of the molecule is CS(=O)(=O)CCCNS(=O)(=O)CCC1CCNCC1. The molecule has 1 aliphatic rings. The Bertz CT molecular complexity index is 453. The van der Waals surface area contributed by atoms with Gasteiger partial charge in [-0.25, -0.2) is 21.6 Å². The van der Waals surface area contributed by atoms with Crippen LogP contribution in [0.1, 0.15) is 25.7 Å². The van der Waals surface area contributed by atoms with Gasteiger partial charge < -0.3 is 5.32 Å². The lowest BCUT2D eigenvalue weighted by Gasteiger charge is -2.22. The van der Waals surface area contributed by atoms with Gasteiger partial charge in [-0.1, -0.05) is 0 Å². The molecular weight excluding hydrogens is 288 g/mol. The van der Waals surface area contributed by atoms with E-state index in [4.69, 9.17) is 0 Å². The fourth-order valence-corrected chi connectivity index (χ4v) is 4.04. The Kier molecular flexibility index (Phi) is 6.72. The molecule has 0 aliphatic carbocycles. The van der Waals surface area contributed by atoms with Crippen molar-refractivity contribution in [2.75, 3.05) is 37.4 Å². The van der Waals surface area contributed by atoms with Crippen molar-refractivity contribution < 1.29 is 16.8 Å². The minimum Gasteiger partial charge on any atom is -0.317 e. The second-order valence-corrected chi connectivity index (χ2v) is 9.36. The molecule has 2 N–H and O–H groups in total. The van der Waals surface area contributed by atoms with Crippen LogP contribution in [-0.2, 0) is 19.9 Å². The first kappa shape index (κ1) is 16.9. The summed E-state index contributed by atoms with van der Waals surface area (Å²) in [6, 6.07) is 0. The van der Waals surface area contributed by atoms with Crippen LogP contribution in [0.25, 0.3) is 0 Å². The fraction of sp³-hybridized carbons (Fsp3) is 1.00. The van der Waals surface area contributed by atoms with Crippen molar-refractivity contribution in [1.82, 2.24) is 10.0 Å². The van der Waals surface area contributed by atoms with E-state index in [0.29, 0.717) is 18.8 Å². The van der Waals surface area contributed by atoms with Crippen LogP contribution in [0.4, 0.5) is 0 Å². The highest BCUT2D eigenvalue weighted by Gasteiger charge is 2.17. The largest absolute Gasteiger partial charge is 0.317 e. The van der Waals surface area contributed by atoms with Gasteiger partial charge in [0.25, 0.3) is 0 Å². The topological polar surface area (TPSA) is 92.3 Å². The lowest BCUT2D eigenvalue weighted by atomic mass is 9.96. The molecule has 0 unspecified atom stereocenters. The van der Waals surface area contributed by atoms with Crippen molar-refractivity contribution in [1.29, 1.82) is 0 Å². The van der Waals surface area contributed by atoms with Crippen molar-refractivity contribution in [2.24, 2.45) is 5.92 Å². The second-order valence-electron chi connectivity index (χ2n) is 5.18. The monoisotopic (exact) mass is 312 g/mol. The molecule has 0 aromatic rings. The molecule has 1 aliphatic heterocycles. The quantitative estimate of drug-likeness (QED) is 0.602. The molecule has 6 nitrogen and oxygen atoms in total. The molecule has 19 heavy (non-hydrogen) atoms. The van der Waals surface area contributed by atoms with Crippen molar-refractivity contribution in [3.63, 3.8) is 0 Å². The third kappa shape index (κ3) is 8.56. The summed E-state index contributed by atoms with van der Waals surface area (Å²) < 4.78 is 47.7. The smallest absolute Gasteiger partial charge is 0.211 e. The van der Waals surface area contributed by atoms with Gasteiger partial charge in [-0.3, -0.25) is 0 Å². The van der Waals surface area contributed by atoms with E-state index >= 15 is 0 Å². The Balaban J connectivity index is 2.20. The maximum absolute atomic E-state index is 11.7. The molecule has 0 amide bonds. The summed E-state index contributed by atoms with van der Waals surface area (Å²) in [5, 5.41) is 3.25. The van der Waals surface area contributed by atoms with Gasteiger partial charge in [0.1, 0.15) is 9.84 Å². The molecule has 0 radical (unpaired) electrons. The minimum atomic E-state index is -3.26. The molecule has 1 heterocycles. The van der Waals surface area contributed by atoms with Crippen LogP contribution >= 0.6 is 0 Å². The van der Waals surface area contributed by atoms with E-state index < -0.39 is 19.9 Å². The predicted octanol–water partition coefficient (Wildman–Crippen LogP) is -0.270. The summed E-state index contributed by atoms with van der Waals surface area (Å²) in [4.78, 5) is 0. The summed E-state index contributed by atoms with van der Waals surface area (Å²) >= 11 is 0. The van der Waals surface area contributed by atoms with Crippen molar-refractivity contribution in [2.45, 2.75) is 25.7 Å². The van der Waals surface area contributed by atoms with Crippen LogP contribution in [0.3, 0.4) is 0 Å². The first-order valence-corrected chi connectivity index (χ1v) is 10.4. The Labute approximate surface area is 116 Å². The van der Waals surface area contributed by atoms with E-state index in [1.807, 2.05) is 0 Å². The van der Waals surface area contributed by atoms with Gasteiger partial charge >= 0.3 is 0 Å². The summed E-state index contributed by atoms with van der Waals surface area (Å²) in [6.07, 6.45) is 4.22. The van der Waals surface area contributed by atoms with Crippen LogP contribution in [0.2, 0.25) is 0 Å². The molecule has 1 fully saturated rings. The highest BCUT2D eigenvalue weighted by molar-refractivity contribution is 7.90. The zero-order chi connectivity index (χ0) is 14.4. The van der Waals surface area contributed by atoms with Crippen LogP contribution in [0.15, 0.2) is 0 Å². The molecular formula is C11H24N2O4S2. The van der Waals surface area contributed by atoms with E-state index in [1.54, 1.807) is 0 Å².